The second kappa shape index (κ2) is 7.24. The number of fused-ring (bicyclic) bond motifs is 3. The first-order valence-electron chi connectivity index (χ1n) is 9.26. The van der Waals surface area contributed by atoms with E-state index in [2.05, 4.69) is 35.4 Å². The zero-order chi connectivity index (χ0) is 17.9. The summed E-state index contributed by atoms with van der Waals surface area (Å²) in [6, 6.07) is 16.6. The van der Waals surface area contributed by atoms with Gasteiger partial charge in [0.05, 0.1) is 6.61 Å². The highest BCUT2D eigenvalue weighted by Crippen LogP contribution is 2.29. The number of carbonyl (C=O) groups excluding carboxylic acids is 1. The van der Waals surface area contributed by atoms with Gasteiger partial charge in [-0.1, -0.05) is 35.9 Å². The van der Waals surface area contributed by atoms with Crippen molar-refractivity contribution in [2.75, 3.05) is 6.61 Å². The van der Waals surface area contributed by atoms with Crippen LogP contribution in [-0.2, 0) is 17.6 Å². The van der Waals surface area contributed by atoms with Crippen molar-refractivity contribution < 1.29 is 9.53 Å². The summed E-state index contributed by atoms with van der Waals surface area (Å²) in [5, 5.41) is 4.45. The average Bonchev–Trinajstić information content (AvgIpc) is 3.17. The predicted molar refractivity (Wildman–Crippen MR) is 104 cm³/mol. The number of aromatic amines is 1. The van der Waals surface area contributed by atoms with E-state index < -0.39 is 0 Å². The summed E-state index contributed by atoms with van der Waals surface area (Å²) >= 11 is 0. The molecule has 1 aliphatic rings. The second-order valence-electron chi connectivity index (χ2n) is 7.07. The number of carbonyl (C=O) groups is 1. The van der Waals surface area contributed by atoms with Gasteiger partial charge in [0.15, 0.2) is 0 Å². The quantitative estimate of drug-likeness (QED) is 0.664. The lowest BCUT2D eigenvalue weighted by Crippen LogP contribution is -2.35. The largest absolute Gasteiger partial charge is 0.494 e. The van der Waals surface area contributed by atoms with Crippen LogP contribution in [0.5, 0.6) is 5.75 Å². The molecule has 0 bridgehead atoms. The fraction of sp³-hybridized carbons (Fsp3) is 0.318. The maximum absolute atomic E-state index is 12.2. The molecule has 1 atom stereocenters. The van der Waals surface area contributed by atoms with Crippen LogP contribution in [-0.4, -0.2) is 23.5 Å². The molecule has 1 amide bonds. The van der Waals surface area contributed by atoms with E-state index in [0.717, 1.165) is 25.0 Å². The molecule has 0 saturated carbocycles. The van der Waals surface area contributed by atoms with Gasteiger partial charge in [-0.05, 0) is 43.5 Å². The van der Waals surface area contributed by atoms with Crippen LogP contribution in [0.25, 0.3) is 10.9 Å². The third-order valence-corrected chi connectivity index (χ3v) is 5.01. The summed E-state index contributed by atoms with van der Waals surface area (Å²) in [4.78, 5) is 15.7. The Kier molecular flexibility index (Phi) is 4.65. The van der Waals surface area contributed by atoms with Gasteiger partial charge in [0.2, 0.25) is 5.91 Å². The van der Waals surface area contributed by atoms with Crippen molar-refractivity contribution in [3.8, 4) is 5.75 Å². The van der Waals surface area contributed by atoms with Gasteiger partial charge in [-0.15, -0.1) is 0 Å². The summed E-state index contributed by atoms with van der Waals surface area (Å²) in [7, 11) is 0. The number of nitrogens with one attached hydrogen (secondary N) is 2. The van der Waals surface area contributed by atoms with Gasteiger partial charge in [-0.2, -0.15) is 0 Å². The van der Waals surface area contributed by atoms with Crippen LogP contribution in [0.4, 0.5) is 0 Å². The summed E-state index contributed by atoms with van der Waals surface area (Å²) in [6.45, 7) is 2.61. The van der Waals surface area contributed by atoms with Gasteiger partial charge in [-0.25, -0.2) is 0 Å². The van der Waals surface area contributed by atoms with Crippen molar-refractivity contribution in [1.82, 2.24) is 10.3 Å². The minimum Gasteiger partial charge on any atom is -0.494 e. The molecule has 0 saturated heterocycles. The molecule has 26 heavy (non-hydrogen) atoms. The summed E-state index contributed by atoms with van der Waals surface area (Å²) in [6.07, 6.45) is 3.01. The van der Waals surface area contributed by atoms with Crippen molar-refractivity contribution in [2.24, 2.45) is 0 Å². The van der Waals surface area contributed by atoms with Crippen LogP contribution >= 0.6 is 0 Å². The minimum absolute atomic E-state index is 0.108. The van der Waals surface area contributed by atoms with E-state index in [-0.39, 0.29) is 11.9 Å². The first-order valence-corrected chi connectivity index (χ1v) is 9.26. The van der Waals surface area contributed by atoms with E-state index in [9.17, 15) is 4.79 Å². The van der Waals surface area contributed by atoms with Crippen LogP contribution in [0, 0.1) is 6.92 Å². The molecule has 134 valence electrons. The van der Waals surface area contributed by atoms with Crippen LogP contribution < -0.4 is 10.1 Å². The van der Waals surface area contributed by atoms with Gasteiger partial charge in [0.1, 0.15) is 5.75 Å². The molecule has 3 aromatic rings. The molecule has 2 aromatic carbocycles. The van der Waals surface area contributed by atoms with Crippen molar-refractivity contribution in [1.29, 1.82) is 0 Å². The lowest BCUT2D eigenvalue weighted by Gasteiger charge is -2.13. The fourth-order valence-electron chi connectivity index (χ4n) is 3.69. The topological polar surface area (TPSA) is 54.1 Å². The number of aromatic nitrogens is 1. The molecule has 1 unspecified atom stereocenters. The average molecular weight is 348 g/mol. The van der Waals surface area contributed by atoms with E-state index in [1.54, 1.807) is 0 Å². The monoisotopic (exact) mass is 348 g/mol. The number of amides is 1. The normalized spacial score (nSPS) is 15.8. The zero-order valence-electron chi connectivity index (χ0n) is 15.0. The highest BCUT2D eigenvalue weighted by Gasteiger charge is 2.26. The summed E-state index contributed by atoms with van der Waals surface area (Å²) < 4.78 is 5.68. The van der Waals surface area contributed by atoms with E-state index in [1.165, 1.54) is 27.7 Å². The molecule has 1 aliphatic carbocycles. The van der Waals surface area contributed by atoms with Gasteiger partial charge in [-0.3, -0.25) is 4.79 Å². The number of hydrogen-bond acceptors (Lipinski definition) is 2. The van der Waals surface area contributed by atoms with Crippen molar-refractivity contribution in [3.63, 3.8) is 0 Å². The Hall–Kier alpha value is -2.75. The maximum Gasteiger partial charge on any atom is 0.220 e. The van der Waals surface area contributed by atoms with Gasteiger partial charge < -0.3 is 15.0 Å². The standard InChI is InChI=1S/C22H24N2O2/c1-15-8-10-17(11-9-15)26-12-4-7-22(25)23-16-13-19-18-5-2-3-6-20(18)24-21(19)14-16/h2-3,5-6,8-11,16,24H,4,7,12-14H2,1H3,(H,23,25). The minimum atomic E-state index is 0.108. The Balaban J connectivity index is 1.22. The van der Waals surface area contributed by atoms with Crippen molar-refractivity contribution in [2.45, 2.75) is 38.6 Å². The lowest BCUT2D eigenvalue weighted by atomic mass is 10.1. The maximum atomic E-state index is 12.2. The second-order valence-corrected chi connectivity index (χ2v) is 7.07. The Morgan fingerprint density at radius 3 is 2.81 bits per heavy atom. The Morgan fingerprint density at radius 2 is 1.96 bits per heavy atom. The molecule has 4 nitrogen and oxygen atoms in total. The molecular formula is C22H24N2O2. The summed E-state index contributed by atoms with van der Waals surface area (Å²) in [5.74, 6) is 0.967. The molecule has 2 N–H and O–H groups in total. The Morgan fingerprint density at radius 1 is 1.15 bits per heavy atom. The van der Waals surface area contributed by atoms with E-state index in [0.29, 0.717) is 13.0 Å². The molecule has 0 fully saturated rings. The predicted octanol–water partition coefficient (Wildman–Crippen LogP) is 3.92. The first-order chi connectivity index (χ1) is 12.7. The molecule has 0 radical (unpaired) electrons. The van der Waals surface area contributed by atoms with Crippen molar-refractivity contribution in [3.05, 3.63) is 65.4 Å². The fourth-order valence-corrected chi connectivity index (χ4v) is 3.69. The molecule has 1 aromatic heterocycles. The highest BCUT2D eigenvalue weighted by molar-refractivity contribution is 5.85. The van der Waals surface area contributed by atoms with Gasteiger partial charge in [0.25, 0.3) is 0 Å². The summed E-state index contributed by atoms with van der Waals surface area (Å²) in [5.41, 5.74) is 5.02. The smallest absolute Gasteiger partial charge is 0.220 e. The molecule has 0 aliphatic heterocycles. The van der Waals surface area contributed by atoms with Crippen LogP contribution in [0.15, 0.2) is 48.5 Å². The highest BCUT2D eigenvalue weighted by atomic mass is 16.5. The zero-order valence-corrected chi connectivity index (χ0v) is 15.0. The Bertz CT molecular complexity index is 912. The third kappa shape index (κ3) is 3.59. The van der Waals surface area contributed by atoms with Crippen LogP contribution in [0.3, 0.4) is 0 Å². The number of ether oxygens (including phenoxy) is 1. The Labute approximate surface area is 153 Å². The van der Waals surface area contributed by atoms with E-state index in [1.807, 2.05) is 30.3 Å². The van der Waals surface area contributed by atoms with Crippen LogP contribution in [0.1, 0.15) is 29.7 Å². The van der Waals surface area contributed by atoms with Crippen LogP contribution in [0.2, 0.25) is 0 Å². The molecular weight excluding hydrogens is 324 g/mol. The van der Waals surface area contributed by atoms with Gasteiger partial charge in [0, 0.05) is 35.5 Å². The molecule has 4 rings (SSSR count). The lowest BCUT2D eigenvalue weighted by molar-refractivity contribution is -0.121. The number of para-hydroxylation sites is 1. The molecule has 1 heterocycles. The van der Waals surface area contributed by atoms with E-state index in [4.69, 9.17) is 4.74 Å². The number of benzene rings is 2. The van der Waals surface area contributed by atoms with Gasteiger partial charge >= 0.3 is 0 Å². The first kappa shape index (κ1) is 16.7. The molecule has 4 heteroatoms. The van der Waals surface area contributed by atoms with E-state index >= 15 is 0 Å². The third-order valence-electron chi connectivity index (χ3n) is 5.01. The number of hydrogen-bond donors (Lipinski definition) is 2. The molecule has 0 spiro atoms. The SMILES string of the molecule is Cc1ccc(OCCCC(=O)NC2Cc3[nH]c4ccccc4c3C2)cc1. The van der Waals surface area contributed by atoms with Crippen molar-refractivity contribution >= 4 is 16.8 Å². The number of aryl methyl sites for hydroxylation is 1. The number of H-pyrrole nitrogens is 1. The number of rotatable bonds is 6.